The third kappa shape index (κ3) is 6.00. The predicted molar refractivity (Wildman–Crippen MR) is 101 cm³/mol. The molecule has 144 valence electrons. The van der Waals surface area contributed by atoms with E-state index in [0.717, 1.165) is 0 Å². The van der Waals surface area contributed by atoms with Gasteiger partial charge in [-0.15, -0.1) is 0 Å². The lowest BCUT2D eigenvalue weighted by Crippen LogP contribution is -2.14. The number of hydrogen-bond donors (Lipinski definition) is 2. The Morgan fingerprint density at radius 3 is 2.52 bits per heavy atom. The van der Waals surface area contributed by atoms with Gasteiger partial charge in [-0.3, -0.25) is 4.79 Å². The van der Waals surface area contributed by atoms with Crippen LogP contribution in [0.2, 0.25) is 0 Å². The summed E-state index contributed by atoms with van der Waals surface area (Å²) in [5.41, 5.74) is 1.40. The van der Waals surface area contributed by atoms with Crippen molar-refractivity contribution >= 4 is 17.6 Å². The van der Waals surface area contributed by atoms with E-state index in [1.807, 2.05) is 0 Å². The molecule has 2 N–H and O–H groups in total. The molecule has 0 saturated carbocycles. The fraction of sp³-hybridized carbons (Fsp3) is 0.300. The Labute approximate surface area is 157 Å². The number of benzene rings is 2. The number of aromatic carboxylic acids is 1. The van der Waals surface area contributed by atoms with E-state index in [9.17, 15) is 14.7 Å². The van der Waals surface area contributed by atoms with Crippen LogP contribution in [0.5, 0.6) is 11.5 Å². The van der Waals surface area contributed by atoms with Crippen LogP contribution in [0.15, 0.2) is 42.5 Å². The van der Waals surface area contributed by atoms with Crippen LogP contribution >= 0.6 is 0 Å². The molecule has 0 spiro atoms. The molecule has 0 aromatic heterocycles. The molecule has 7 heteroatoms. The van der Waals surface area contributed by atoms with Gasteiger partial charge in [-0.05, 0) is 30.2 Å². The van der Waals surface area contributed by atoms with Crippen molar-refractivity contribution in [3.8, 4) is 11.5 Å². The average molecular weight is 373 g/mol. The lowest BCUT2D eigenvalue weighted by atomic mass is 10.0. The molecule has 0 heterocycles. The molecule has 1 amide bonds. The van der Waals surface area contributed by atoms with Gasteiger partial charge in [0.1, 0.15) is 6.61 Å². The zero-order valence-corrected chi connectivity index (χ0v) is 15.4. The van der Waals surface area contributed by atoms with Crippen molar-refractivity contribution in [3.63, 3.8) is 0 Å². The van der Waals surface area contributed by atoms with Gasteiger partial charge in [0, 0.05) is 25.3 Å². The summed E-state index contributed by atoms with van der Waals surface area (Å²) in [6.07, 6.45) is 0.498. The number of nitrogens with one attached hydrogen (secondary N) is 1. The first-order chi connectivity index (χ1) is 13.0. The SMILES string of the molecule is COCCOc1cc(NC(=O)CCc2ccccc2C(=O)O)ccc1OC. The maximum absolute atomic E-state index is 12.2. The van der Waals surface area contributed by atoms with Crippen molar-refractivity contribution < 1.29 is 28.9 Å². The van der Waals surface area contributed by atoms with E-state index in [1.54, 1.807) is 43.5 Å². The molecular weight excluding hydrogens is 350 g/mol. The zero-order valence-electron chi connectivity index (χ0n) is 15.4. The summed E-state index contributed by atoms with van der Waals surface area (Å²) < 4.78 is 15.8. The van der Waals surface area contributed by atoms with Crippen LogP contribution in [-0.2, 0) is 16.0 Å². The van der Waals surface area contributed by atoms with Gasteiger partial charge in [0.25, 0.3) is 0 Å². The van der Waals surface area contributed by atoms with Gasteiger partial charge in [-0.25, -0.2) is 4.79 Å². The number of carboxylic acid groups (broad SMARTS) is 1. The monoisotopic (exact) mass is 373 g/mol. The maximum atomic E-state index is 12.2. The van der Waals surface area contributed by atoms with E-state index in [0.29, 0.717) is 42.4 Å². The minimum absolute atomic E-state index is 0.163. The second-order valence-corrected chi connectivity index (χ2v) is 5.72. The first-order valence-electron chi connectivity index (χ1n) is 8.46. The van der Waals surface area contributed by atoms with Crippen molar-refractivity contribution in [1.82, 2.24) is 0 Å². The Hall–Kier alpha value is -3.06. The van der Waals surface area contributed by atoms with Crippen LogP contribution in [0.25, 0.3) is 0 Å². The van der Waals surface area contributed by atoms with Crippen molar-refractivity contribution in [1.29, 1.82) is 0 Å². The number of hydrogen-bond acceptors (Lipinski definition) is 5. The van der Waals surface area contributed by atoms with Gasteiger partial charge in [0.05, 0.1) is 19.3 Å². The minimum atomic E-state index is -1.00. The number of ether oxygens (including phenoxy) is 3. The summed E-state index contributed by atoms with van der Waals surface area (Å²) in [5.74, 6) is -0.162. The highest BCUT2D eigenvalue weighted by atomic mass is 16.5. The van der Waals surface area contributed by atoms with E-state index in [2.05, 4.69) is 5.32 Å². The van der Waals surface area contributed by atoms with Crippen molar-refractivity contribution in [2.24, 2.45) is 0 Å². The highest BCUT2D eigenvalue weighted by Crippen LogP contribution is 2.30. The van der Waals surface area contributed by atoms with E-state index < -0.39 is 5.97 Å². The zero-order chi connectivity index (χ0) is 19.6. The summed E-state index contributed by atoms with van der Waals surface area (Å²) >= 11 is 0. The van der Waals surface area contributed by atoms with Crippen LogP contribution in [-0.4, -0.2) is 44.4 Å². The smallest absolute Gasteiger partial charge is 0.335 e. The van der Waals surface area contributed by atoms with Crippen LogP contribution in [0.4, 0.5) is 5.69 Å². The van der Waals surface area contributed by atoms with Gasteiger partial charge < -0.3 is 24.6 Å². The number of anilines is 1. The maximum Gasteiger partial charge on any atom is 0.335 e. The molecule has 2 aromatic carbocycles. The van der Waals surface area contributed by atoms with E-state index in [1.165, 1.54) is 13.2 Å². The Bertz CT molecular complexity index is 790. The second-order valence-electron chi connectivity index (χ2n) is 5.72. The third-order valence-corrected chi connectivity index (χ3v) is 3.86. The van der Waals surface area contributed by atoms with Gasteiger partial charge in [0.15, 0.2) is 11.5 Å². The molecule has 2 rings (SSSR count). The summed E-state index contributed by atoms with van der Waals surface area (Å²) in [6.45, 7) is 0.791. The number of carbonyl (C=O) groups excluding carboxylic acids is 1. The van der Waals surface area contributed by atoms with E-state index in [4.69, 9.17) is 14.2 Å². The summed E-state index contributed by atoms with van der Waals surface area (Å²) in [6, 6.07) is 11.8. The lowest BCUT2D eigenvalue weighted by molar-refractivity contribution is -0.116. The molecule has 0 aliphatic rings. The second kappa shape index (κ2) is 10.2. The molecule has 0 radical (unpaired) electrons. The quantitative estimate of drug-likeness (QED) is 0.622. The molecule has 0 fully saturated rings. The molecular formula is C20H23NO6. The Morgan fingerprint density at radius 1 is 1.04 bits per heavy atom. The third-order valence-electron chi connectivity index (χ3n) is 3.86. The van der Waals surface area contributed by atoms with E-state index in [-0.39, 0.29) is 17.9 Å². The summed E-state index contributed by atoms with van der Waals surface area (Å²) in [7, 11) is 3.12. The number of carboxylic acids is 1. The number of methoxy groups -OCH3 is 2. The van der Waals surface area contributed by atoms with Crippen LogP contribution in [0.3, 0.4) is 0 Å². The Kier molecular flexibility index (Phi) is 7.63. The highest BCUT2D eigenvalue weighted by molar-refractivity contribution is 5.92. The fourth-order valence-electron chi connectivity index (χ4n) is 2.52. The molecule has 7 nitrogen and oxygen atoms in total. The number of rotatable bonds is 10. The van der Waals surface area contributed by atoms with Crippen LogP contribution in [0, 0.1) is 0 Å². The molecule has 2 aromatic rings. The normalized spacial score (nSPS) is 10.3. The van der Waals surface area contributed by atoms with Gasteiger partial charge >= 0.3 is 5.97 Å². The van der Waals surface area contributed by atoms with Crippen molar-refractivity contribution in [3.05, 3.63) is 53.6 Å². The van der Waals surface area contributed by atoms with Gasteiger partial charge in [-0.1, -0.05) is 18.2 Å². The average Bonchev–Trinajstić information content (AvgIpc) is 2.67. The number of carbonyl (C=O) groups is 2. The number of aryl methyl sites for hydroxylation is 1. The van der Waals surface area contributed by atoms with Gasteiger partial charge in [0.2, 0.25) is 5.91 Å². The van der Waals surface area contributed by atoms with Crippen molar-refractivity contribution in [2.75, 3.05) is 32.8 Å². The van der Waals surface area contributed by atoms with Gasteiger partial charge in [-0.2, -0.15) is 0 Å². The first-order valence-corrected chi connectivity index (χ1v) is 8.46. The molecule has 27 heavy (non-hydrogen) atoms. The molecule has 0 aliphatic carbocycles. The van der Waals surface area contributed by atoms with Crippen LogP contribution in [0.1, 0.15) is 22.3 Å². The van der Waals surface area contributed by atoms with E-state index >= 15 is 0 Å². The minimum Gasteiger partial charge on any atom is -0.493 e. The molecule has 0 saturated heterocycles. The largest absolute Gasteiger partial charge is 0.493 e. The molecule has 0 bridgehead atoms. The lowest BCUT2D eigenvalue weighted by Gasteiger charge is -2.13. The fourth-order valence-corrected chi connectivity index (χ4v) is 2.52. The summed E-state index contributed by atoms with van der Waals surface area (Å²) in [5, 5.41) is 12.0. The first kappa shape index (κ1) is 20.3. The highest BCUT2D eigenvalue weighted by Gasteiger charge is 2.12. The Morgan fingerprint density at radius 2 is 1.81 bits per heavy atom. The molecule has 0 atom stereocenters. The van der Waals surface area contributed by atoms with Crippen LogP contribution < -0.4 is 14.8 Å². The number of amides is 1. The summed E-state index contributed by atoms with van der Waals surface area (Å²) in [4.78, 5) is 23.5. The molecule has 0 unspecified atom stereocenters. The van der Waals surface area contributed by atoms with Crippen molar-refractivity contribution in [2.45, 2.75) is 12.8 Å². The Balaban J connectivity index is 1.99. The topological polar surface area (TPSA) is 94.1 Å². The molecule has 0 aliphatic heterocycles. The standard InChI is InChI=1S/C20H23NO6/c1-25-11-12-27-18-13-15(8-9-17(18)26-2)21-19(22)10-7-14-5-3-4-6-16(14)20(23)24/h3-6,8-9,13H,7,10-12H2,1-2H3,(H,21,22)(H,23,24). The predicted octanol–water partition coefficient (Wildman–Crippen LogP) is 2.99.